The lowest BCUT2D eigenvalue weighted by atomic mass is 9.96. The van der Waals surface area contributed by atoms with Gasteiger partial charge in [0.1, 0.15) is 0 Å². The average Bonchev–Trinajstić information content (AvgIpc) is 2.37. The Balaban J connectivity index is 2.47. The van der Waals surface area contributed by atoms with Gasteiger partial charge in [0.25, 0.3) is 5.60 Å². The van der Waals surface area contributed by atoms with Gasteiger partial charge in [0.15, 0.2) is 0 Å². The van der Waals surface area contributed by atoms with Crippen molar-refractivity contribution in [2.24, 2.45) is 0 Å². The second-order valence-electron chi connectivity index (χ2n) is 5.03. The van der Waals surface area contributed by atoms with Crippen molar-refractivity contribution < 1.29 is 30.5 Å². The van der Waals surface area contributed by atoms with Gasteiger partial charge in [-0.3, -0.25) is 0 Å². The Bertz CT molecular complexity index is 484. The molecule has 1 fully saturated rings. The van der Waals surface area contributed by atoms with Gasteiger partial charge in [0, 0.05) is 10.6 Å². The minimum Gasteiger partial charge on any atom is -0.307 e. The van der Waals surface area contributed by atoms with E-state index in [2.05, 4.69) is 0 Å². The maximum atomic E-state index is 13.1. The van der Waals surface area contributed by atoms with E-state index in [-0.39, 0.29) is 12.2 Å². The molecular formula is C13H14F6OS. The number of benzene rings is 1. The molecule has 21 heavy (non-hydrogen) atoms. The molecule has 1 saturated heterocycles. The predicted octanol–water partition coefficient (Wildman–Crippen LogP) is 5.07. The number of halogens is 6. The van der Waals surface area contributed by atoms with E-state index in [1.165, 1.54) is 18.4 Å². The van der Waals surface area contributed by atoms with Gasteiger partial charge in [-0.1, -0.05) is 18.2 Å². The summed E-state index contributed by atoms with van der Waals surface area (Å²) < 4.78 is 83.5. The zero-order valence-electron chi connectivity index (χ0n) is 11.1. The largest absolute Gasteiger partial charge is 0.427 e. The van der Waals surface area contributed by atoms with Gasteiger partial charge in [-0.2, -0.15) is 26.3 Å². The molecule has 1 aliphatic heterocycles. The van der Waals surface area contributed by atoms with Gasteiger partial charge >= 0.3 is 12.4 Å². The van der Waals surface area contributed by atoms with E-state index in [4.69, 9.17) is 4.18 Å². The SMILES string of the molecule is CS1(c2ccccc2)CCCC(C(F)(F)F)(C(F)(F)F)O1. The normalized spacial score (nSPS) is 29.7. The van der Waals surface area contributed by atoms with Crippen LogP contribution >= 0.6 is 10.3 Å². The zero-order chi connectivity index (χ0) is 15.9. The molecule has 1 aromatic rings. The fraction of sp³-hybridized carbons (Fsp3) is 0.538. The van der Waals surface area contributed by atoms with E-state index < -0.39 is 34.7 Å². The highest BCUT2D eigenvalue weighted by Gasteiger charge is 2.74. The first-order valence-corrected chi connectivity index (χ1v) is 8.31. The predicted molar refractivity (Wildman–Crippen MR) is 68.3 cm³/mol. The number of alkyl halides is 6. The van der Waals surface area contributed by atoms with Crippen LogP contribution in [0, 0.1) is 0 Å². The second kappa shape index (κ2) is 5.08. The summed E-state index contributed by atoms with van der Waals surface area (Å²) >= 11 is 0. The maximum absolute atomic E-state index is 13.1. The van der Waals surface area contributed by atoms with Crippen molar-refractivity contribution in [3.63, 3.8) is 0 Å². The minimum absolute atomic E-state index is 0.181. The lowest BCUT2D eigenvalue weighted by molar-refractivity contribution is -0.359. The zero-order valence-corrected chi connectivity index (χ0v) is 11.9. The molecule has 1 heterocycles. The number of rotatable bonds is 1. The lowest BCUT2D eigenvalue weighted by Gasteiger charge is -2.50. The van der Waals surface area contributed by atoms with Crippen LogP contribution < -0.4 is 0 Å². The Kier molecular flexibility index (Phi) is 3.99. The van der Waals surface area contributed by atoms with E-state index in [1.807, 2.05) is 0 Å². The molecule has 0 N–H and O–H groups in total. The van der Waals surface area contributed by atoms with Crippen LogP contribution in [-0.2, 0) is 4.18 Å². The maximum Gasteiger partial charge on any atom is 0.427 e. The average molecular weight is 332 g/mol. The van der Waals surface area contributed by atoms with E-state index >= 15 is 0 Å². The molecule has 1 nitrogen and oxygen atoms in total. The van der Waals surface area contributed by atoms with Crippen molar-refractivity contribution in [2.45, 2.75) is 35.7 Å². The molecule has 1 aromatic carbocycles. The summed E-state index contributed by atoms with van der Waals surface area (Å²) in [5.74, 6) is 0.185. The molecule has 1 aliphatic rings. The first kappa shape index (κ1) is 16.5. The molecule has 0 aliphatic carbocycles. The Labute approximate surface area is 119 Å². The number of hydrogen-bond donors (Lipinski definition) is 0. The first-order valence-electron chi connectivity index (χ1n) is 6.17. The molecule has 0 bridgehead atoms. The highest BCUT2D eigenvalue weighted by Crippen LogP contribution is 2.65. The third-order valence-corrected chi connectivity index (χ3v) is 6.54. The molecule has 1 unspecified atom stereocenters. The summed E-state index contributed by atoms with van der Waals surface area (Å²) in [6.45, 7) is 0. The quantitative estimate of drug-likeness (QED) is 0.653. The van der Waals surface area contributed by atoms with Gasteiger partial charge < -0.3 is 4.18 Å². The Morgan fingerprint density at radius 2 is 1.52 bits per heavy atom. The third-order valence-electron chi connectivity index (χ3n) is 3.55. The monoisotopic (exact) mass is 332 g/mol. The summed E-state index contributed by atoms with van der Waals surface area (Å²) in [6.07, 6.45) is -10.9. The molecule has 2 rings (SSSR count). The Morgan fingerprint density at radius 3 is 2.00 bits per heavy atom. The smallest absolute Gasteiger partial charge is 0.307 e. The van der Waals surface area contributed by atoms with Gasteiger partial charge in [0.2, 0.25) is 0 Å². The van der Waals surface area contributed by atoms with E-state index in [1.54, 1.807) is 18.2 Å². The van der Waals surface area contributed by atoms with Crippen LogP contribution in [0.15, 0.2) is 35.2 Å². The topological polar surface area (TPSA) is 9.23 Å². The lowest BCUT2D eigenvalue weighted by Crippen LogP contribution is -2.60. The summed E-state index contributed by atoms with van der Waals surface area (Å²) in [7, 11) is -2.63. The van der Waals surface area contributed by atoms with E-state index in [0.29, 0.717) is 4.90 Å². The van der Waals surface area contributed by atoms with Crippen LogP contribution in [0.25, 0.3) is 0 Å². The number of hydrogen-bond acceptors (Lipinski definition) is 1. The van der Waals surface area contributed by atoms with Crippen molar-refractivity contribution in [1.82, 2.24) is 0 Å². The summed E-state index contributed by atoms with van der Waals surface area (Å²) in [4.78, 5) is 0.391. The fourth-order valence-electron chi connectivity index (χ4n) is 2.41. The molecular weight excluding hydrogens is 318 g/mol. The summed E-state index contributed by atoms with van der Waals surface area (Å²) in [5, 5.41) is 0. The van der Waals surface area contributed by atoms with E-state index in [9.17, 15) is 26.3 Å². The Hall–Kier alpha value is -0.890. The summed E-state index contributed by atoms with van der Waals surface area (Å²) in [5.41, 5.74) is -4.07. The van der Waals surface area contributed by atoms with Crippen molar-refractivity contribution in [1.29, 1.82) is 0 Å². The van der Waals surface area contributed by atoms with Crippen molar-refractivity contribution in [3.05, 3.63) is 30.3 Å². The first-order chi connectivity index (χ1) is 9.52. The van der Waals surface area contributed by atoms with Crippen LogP contribution in [-0.4, -0.2) is 30.0 Å². The van der Waals surface area contributed by atoms with Crippen LogP contribution in [0.2, 0.25) is 0 Å². The van der Waals surface area contributed by atoms with Crippen LogP contribution in [0.1, 0.15) is 12.8 Å². The van der Waals surface area contributed by atoms with E-state index in [0.717, 1.165) is 0 Å². The second-order valence-corrected chi connectivity index (χ2v) is 8.09. The Morgan fingerprint density at radius 1 is 1.00 bits per heavy atom. The van der Waals surface area contributed by atoms with Gasteiger partial charge in [-0.25, -0.2) is 0 Å². The third kappa shape index (κ3) is 2.75. The molecule has 120 valence electrons. The minimum atomic E-state index is -5.49. The molecule has 0 spiro atoms. The van der Waals surface area contributed by atoms with Crippen molar-refractivity contribution in [2.75, 3.05) is 12.0 Å². The summed E-state index contributed by atoms with van der Waals surface area (Å²) in [6, 6.07) is 7.83. The van der Waals surface area contributed by atoms with Gasteiger partial charge in [-0.05, 0) is 31.2 Å². The highest BCUT2D eigenvalue weighted by molar-refractivity contribution is 8.29. The standard InChI is InChI=1S/C13H14F6OS/c1-21(10-6-3-2-4-7-10)9-5-8-11(20-21,12(14,15)16)13(17,18)19/h2-4,6-7H,5,8-9H2,1H3. The fourth-order valence-corrected chi connectivity index (χ4v) is 5.15. The van der Waals surface area contributed by atoms with Gasteiger partial charge in [-0.15, -0.1) is 10.3 Å². The van der Waals surface area contributed by atoms with Crippen molar-refractivity contribution >= 4 is 10.3 Å². The highest BCUT2D eigenvalue weighted by atomic mass is 32.3. The molecule has 0 saturated carbocycles. The van der Waals surface area contributed by atoms with Gasteiger partial charge in [0.05, 0.1) is 0 Å². The van der Waals surface area contributed by atoms with Crippen LogP contribution in [0.3, 0.4) is 0 Å². The molecule has 0 radical (unpaired) electrons. The molecule has 8 heteroatoms. The molecule has 1 atom stereocenters. The molecule has 0 aromatic heterocycles. The molecule has 0 amide bonds. The van der Waals surface area contributed by atoms with Crippen LogP contribution in [0.4, 0.5) is 26.3 Å². The van der Waals surface area contributed by atoms with Crippen LogP contribution in [0.5, 0.6) is 0 Å². The van der Waals surface area contributed by atoms with Crippen molar-refractivity contribution in [3.8, 4) is 0 Å².